The molecule has 0 saturated carbocycles. The van der Waals surface area contributed by atoms with E-state index in [9.17, 15) is 4.79 Å². The molecule has 3 atom stereocenters. The van der Waals surface area contributed by atoms with E-state index in [-0.39, 0.29) is 18.1 Å². The first-order valence-electron chi connectivity index (χ1n) is 6.80. The number of hydrogen-bond acceptors (Lipinski definition) is 4. The van der Waals surface area contributed by atoms with Gasteiger partial charge in [-0.25, -0.2) is 9.78 Å². The molecule has 5 nitrogen and oxygen atoms in total. The summed E-state index contributed by atoms with van der Waals surface area (Å²) in [7, 11) is 0. The molecular formula is C13H19N3O2S. The molecule has 0 aliphatic carbocycles. The van der Waals surface area contributed by atoms with E-state index in [4.69, 9.17) is 4.74 Å². The molecule has 1 aromatic heterocycles. The van der Waals surface area contributed by atoms with Crippen LogP contribution in [0, 0.1) is 5.92 Å². The molecule has 2 fully saturated rings. The molecule has 19 heavy (non-hydrogen) atoms. The number of carbonyl (C=O) groups is 1. The monoisotopic (exact) mass is 281 g/mol. The van der Waals surface area contributed by atoms with Crippen molar-refractivity contribution in [2.75, 3.05) is 19.8 Å². The summed E-state index contributed by atoms with van der Waals surface area (Å²) >= 11 is 1.57. The van der Waals surface area contributed by atoms with Gasteiger partial charge >= 0.3 is 6.03 Å². The predicted molar refractivity (Wildman–Crippen MR) is 73.1 cm³/mol. The van der Waals surface area contributed by atoms with Gasteiger partial charge in [-0.15, -0.1) is 11.3 Å². The van der Waals surface area contributed by atoms with Crippen LogP contribution in [0.25, 0.3) is 0 Å². The summed E-state index contributed by atoms with van der Waals surface area (Å²) < 4.78 is 5.52. The van der Waals surface area contributed by atoms with Crippen molar-refractivity contribution in [3.63, 3.8) is 0 Å². The van der Waals surface area contributed by atoms with Gasteiger partial charge in [-0.1, -0.05) is 0 Å². The van der Waals surface area contributed by atoms with Gasteiger partial charge in [-0.05, 0) is 19.8 Å². The van der Waals surface area contributed by atoms with Crippen LogP contribution in [0.2, 0.25) is 0 Å². The minimum Gasteiger partial charge on any atom is -0.379 e. The van der Waals surface area contributed by atoms with E-state index in [1.807, 2.05) is 17.2 Å². The molecular weight excluding hydrogens is 262 g/mol. The van der Waals surface area contributed by atoms with Crippen LogP contribution in [0.3, 0.4) is 0 Å². The lowest BCUT2D eigenvalue weighted by Crippen LogP contribution is -2.52. The number of aromatic nitrogens is 1. The van der Waals surface area contributed by atoms with Crippen molar-refractivity contribution in [3.8, 4) is 0 Å². The first-order valence-corrected chi connectivity index (χ1v) is 7.68. The first kappa shape index (κ1) is 12.9. The van der Waals surface area contributed by atoms with Gasteiger partial charge in [0.15, 0.2) is 0 Å². The summed E-state index contributed by atoms with van der Waals surface area (Å²) in [4.78, 5) is 18.6. The van der Waals surface area contributed by atoms with E-state index in [1.165, 1.54) is 6.42 Å². The molecule has 2 amide bonds. The fraction of sp³-hybridized carbons (Fsp3) is 0.692. The van der Waals surface area contributed by atoms with Crippen LogP contribution < -0.4 is 5.32 Å². The maximum absolute atomic E-state index is 12.4. The van der Waals surface area contributed by atoms with Crippen molar-refractivity contribution in [1.29, 1.82) is 0 Å². The van der Waals surface area contributed by atoms with Crippen molar-refractivity contribution < 1.29 is 9.53 Å². The lowest BCUT2D eigenvalue weighted by molar-refractivity contribution is 0.128. The zero-order chi connectivity index (χ0) is 13.2. The third-order valence-electron chi connectivity index (χ3n) is 3.96. The molecule has 0 aromatic carbocycles. The molecule has 2 saturated heterocycles. The van der Waals surface area contributed by atoms with Crippen molar-refractivity contribution in [2.45, 2.75) is 31.8 Å². The standard InChI is InChI=1S/C13H19N3O2S/c1-9(12-14-4-6-19-12)15-13(17)16-5-2-3-10-7-18-8-11(10)16/h4,6,9-11H,2-3,5,7-8H2,1H3,(H,15,17)/t9-,10-,11+/m0/s1. The van der Waals surface area contributed by atoms with Gasteiger partial charge in [0.05, 0.1) is 25.3 Å². The van der Waals surface area contributed by atoms with Gasteiger partial charge < -0.3 is 15.0 Å². The fourth-order valence-corrected chi connectivity index (χ4v) is 3.57. The average molecular weight is 281 g/mol. The molecule has 6 heteroatoms. The van der Waals surface area contributed by atoms with Crippen molar-refractivity contribution in [2.24, 2.45) is 5.92 Å². The first-order chi connectivity index (χ1) is 9.25. The normalized spacial score (nSPS) is 27.9. The van der Waals surface area contributed by atoms with Gasteiger partial charge in [0.25, 0.3) is 0 Å². The number of ether oxygens (including phenoxy) is 1. The molecule has 0 spiro atoms. The van der Waals surface area contributed by atoms with Crippen LogP contribution >= 0.6 is 11.3 Å². The van der Waals surface area contributed by atoms with Crippen LogP contribution in [-0.2, 0) is 4.74 Å². The minimum atomic E-state index is -0.0322. The Kier molecular flexibility index (Phi) is 3.70. The highest BCUT2D eigenvalue weighted by atomic mass is 32.1. The van der Waals surface area contributed by atoms with Crippen LogP contribution in [0.5, 0.6) is 0 Å². The lowest BCUT2D eigenvalue weighted by atomic mass is 9.92. The summed E-state index contributed by atoms with van der Waals surface area (Å²) in [6.07, 6.45) is 4.02. The molecule has 0 unspecified atom stereocenters. The van der Waals surface area contributed by atoms with Crippen molar-refractivity contribution in [3.05, 3.63) is 16.6 Å². The largest absolute Gasteiger partial charge is 0.379 e. The second kappa shape index (κ2) is 5.46. The summed E-state index contributed by atoms with van der Waals surface area (Å²) in [5.41, 5.74) is 0. The molecule has 3 rings (SSSR count). The number of nitrogens with zero attached hydrogens (tertiary/aromatic N) is 2. The Morgan fingerprint density at radius 2 is 2.53 bits per heavy atom. The molecule has 3 heterocycles. The third-order valence-corrected chi connectivity index (χ3v) is 4.92. The highest BCUT2D eigenvalue weighted by Crippen LogP contribution is 2.29. The molecule has 2 aliphatic heterocycles. The number of likely N-dealkylation sites (tertiary alicyclic amines) is 1. The van der Waals surface area contributed by atoms with Crippen LogP contribution in [-0.4, -0.2) is 41.7 Å². The number of rotatable bonds is 2. The average Bonchev–Trinajstić information content (AvgIpc) is 3.08. The van der Waals surface area contributed by atoms with Crippen molar-refractivity contribution in [1.82, 2.24) is 15.2 Å². The summed E-state index contributed by atoms with van der Waals surface area (Å²) in [5.74, 6) is 0.523. The molecule has 0 radical (unpaired) electrons. The summed E-state index contributed by atoms with van der Waals surface area (Å²) in [6, 6.07) is 0.246. The number of nitrogens with one attached hydrogen (secondary N) is 1. The molecule has 2 aliphatic rings. The molecule has 0 bridgehead atoms. The van der Waals surface area contributed by atoms with Gasteiger partial charge in [-0.2, -0.15) is 0 Å². The predicted octanol–water partition coefficient (Wildman–Crippen LogP) is 2.02. The van der Waals surface area contributed by atoms with E-state index in [2.05, 4.69) is 10.3 Å². The SMILES string of the molecule is C[C@H](NC(=O)N1CCC[C@H]2COC[C@H]21)c1nccs1. The van der Waals surface area contributed by atoms with E-state index >= 15 is 0 Å². The second-order valence-corrected chi connectivity index (χ2v) is 6.17. The molecule has 1 aromatic rings. The van der Waals surface area contributed by atoms with Crippen LogP contribution in [0.4, 0.5) is 4.79 Å². The van der Waals surface area contributed by atoms with Crippen LogP contribution in [0.1, 0.15) is 30.8 Å². The van der Waals surface area contributed by atoms with E-state index in [0.29, 0.717) is 12.5 Å². The highest BCUT2D eigenvalue weighted by molar-refractivity contribution is 7.09. The fourth-order valence-electron chi connectivity index (χ4n) is 2.93. The van der Waals surface area contributed by atoms with Gasteiger partial charge in [-0.3, -0.25) is 0 Å². The second-order valence-electron chi connectivity index (χ2n) is 5.24. The number of amides is 2. The van der Waals surface area contributed by atoms with E-state index in [1.54, 1.807) is 17.5 Å². The topological polar surface area (TPSA) is 54.5 Å². The highest BCUT2D eigenvalue weighted by Gasteiger charge is 2.38. The Morgan fingerprint density at radius 1 is 1.63 bits per heavy atom. The number of fused-ring (bicyclic) bond motifs is 1. The quantitative estimate of drug-likeness (QED) is 0.902. The maximum Gasteiger partial charge on any atom is 0.318 e. The smallest absolute Gasteiger partial charge is 0.318 e. The molecule has 1 N–H and O–H groups in total. The van der Waals surface area contributed by atoms with E-state index in [0.717, 1.165) is 24.6 Å². The number of piperidine rings is 1. The number of hydrogen-bond donors (Lipinski definition) is 1. The summed E-state index contributed by atoms with van der Waals surface area (Å²) in [6.45, 7) is 4.30. The van der Waals surface area contributed by atoms with Gasteiger partial charge in [0, 0.05) is 24.0 Å². The zero-order valence-corrected chi connectivity index (χ0v) is 11.9. The Labute approximate surface area is 117 Å². The van der Waals surface area contributed by atoms with E-state index < -0.39 is 0 Å². The van der Waals surface area contributed by atoms with Gasteiger partial charge in [0.1, 0.15) is 5.01 Å². The van der Waals surface area contributed by atoms with Crippen molar-refractivity contribution >= 4 is 17.4 Å². The summed E-state index contributed by atoms with van der Waals surface area (Å²) in [5, 5.41) is 5.92. The van der Waals surface area contributed by atoms with Crippen LogP contribution in [0.15, 0.2) is 11.6 Å². The van der Waals surface area contributed by atoms with Gasteiger partial charge in [0.2, 0.25) is 0 Å². The maximum atomic E-state index is 12.4. The molecule has 104 valence electrons. The Hall–Kier alpha value is -1.14. The Morgan fingerprint density at radius 3 is 3.32 bits per heavy atom. The zero-order valence-electron chi connectivity index (χ0n) is 11.0. The number of thiazole rings is 1. The Bertz CT molecular complexity index is 437. The minimum absolute atomic E-state index is 0.0166. The third kappa shape index (κ3) is 2.60. The lowest BCUT2D eigenvalue weighted by Gasteiger charge is -2.36. The Balaban J connectivity index is 1.63. The number of urea groups is 1. The number of carbonyl (C=O) groups excluding carboxylic acids is 1.